The molecule has 1 amide bonds. The molecule has 0 aliphatic heterocycles. The first kappa shape index (κ1) is 14.6. The highest BCUT2D eigenvalue weighted by Crippen LogP contribution is 2.09. The van der Waals surface area contributed by atoms with Crippen molar-refractivity contribution in [2.45, 2.75) is 32.6 Å². The van der Waals surface area contributed by atoms with Gasteiger partial charge >= 0.3 is 0 Å². The maximum atomic E-state index is 12.0. The van der Waals surface area contributed by atoms with Crippen molar-refractivity contribution >= 4 is 23.1 Å². The highest BCUT2D eigenvalue weighted by Gasteiger charge is 2.10. The zero-order valence-corrected chi connectivity index (χ0v) is 11.6. The van der Waals surface area contributed by atoms with Crippen LogP contribution in [0.3, 0.4) is 0 Å². The van der Waals surface area contributed by atoms with Crippen LogP contribution in [0.2, 0.25) is 0 Å². The molecule has 98 valence electrons. The molecule has 0 aromatic heterocycles. The lowest BCUT2D eigenvalue weighted by Gasteiger charge is -2.09. The minimum atomic E-state index is -0.0436. The number of benzene rings is 1. The molecule has 1 rings (SSSR count). The third kappa shape index (κ3) is 4.84. The number of carbonyl (C=O) groups is 1. The fourth-order valence-corrected chi connectivity index (χ4v) is 1.91. The number of nitrogens with two attached hydrogens (primary N) is 1. The average Bonchev–Trinajstić information content (AvgIpc) is 2.34. The van der Waals surface area contributed by atoms with Crippen LogP contribution in [-0.4, -0.2) is 17.4 Å². The summed E-state index contributed by atoms with van der Waals surface area (Å²) in [5.74, 6) is -0.0436. The Morgan fingerprint density at radius 3 is 2.72 bits per heavy atom. The highest BCUT2D eigenvalue weighted by molar-refractivity contribution is 7.80. The van der Waals surface area contributed by atoms with E-state index in [-0.39, 0.29) is 5.91 Å². The summed E-state index contributed by atoms with van der Waals surface area (Å²) in [4.78, 5) is 12.4. The number of carbonyl (C=O) groups excluding carboxylic acids is 1. The first-order valence-corrected chi connectivity index (χ1v) is 6.70. The summed E-state index contributed by atoms with van der Waals surface area (Å²) >= 11 is 4.89. The average molecular weight is 264 g/mol. The van der Waals surface area contributed by atoms with Crippen LogP contribution in [0.25, 0.3) is 0 Å². The lowest BCUT2D eigenvalue weighted by Crippen LogP contribution is -2.26. The molecule has 1 aromatic rings. The van der Waals surface area contributed by atoms with Crippen LogP contribution < -0.4 is 11.1 Å². The van der Waals surface area contributed by atoms with Crippen LogP contribution in [-0.2, 0) is 6.42 Å². The molecule has 0 spiro atoms. The standard InChI is InChI=1S/C14H20N2OS/c1-2-3-6-9-16-14(17)12-8-5-4-7-11(12)10-13(15)18/h4-5,7-8H,2-3,6,9-10H2,1H3,(H2,15,18)(H,16,17). The molecule has 3 N–H and O–H groups in total. The van der Waals surface area contributed by atoms with Gasteiger partial charge in [-0.05, 0) is 18.1 Å². The summed E-state index contributed by atoms with van der Waals surface area (Å²) in [6, 6.07) is 7.44. The summed E-state index contributed by atoms with van der Waals surface area (Å²) in [6.07, 6.45) is 3.76. The minimum Gasteiger partial charge on any atom is -0.393 e. The largest absolute Gasteiger partial charge is 0.393 e. The molecule has 0 aliphatic rings. The summed E-state index contributed by atoms with van der Waals surface area (Å²) < 4.78 is 0. The molecule has 0 saturated carbocycles. The minimum absolute atomic E-state index is 0.0436. The molecular formula is C14H20N2OS. The molecule has 0 radical (unpaired) electrons. The zero-order chi connectivity index (χ0) is 13.4. The second-order valence-corrected chi connectivity index (χ2v) is 4.79. The van der Waals surface area contributed by atoms with Crippen molar-refractivity contribution in [3.63, 3.8) is 0 Å². The van der Waals surface area contributed by atoms with Gasteiger partial charge in [0.15, 0.2) is 0 Å². The summed E-state index contributed by atoms with van der Waals surface area (Å²) in [7, 11) is 0. The summed E-state index contributed by atoms with van der Waals surface area (Å²) in [5, 5.41) is 2.92. The zero-order valence-electron chi connectivity index (χ0n) is 10.7. The Labute approximate surface area is 114 Å². The summed E-state index contributed by atoms with van der Waals surface area (Å²) in [6.45, 7) is 2.85. The maximum Gasteiger partial charge on any atom is 0.251 e. The van der Waals surface area contributed by atoms with Crippen LogP contribution in [0, 0.1) is 0 Å². The first-order chi connectivity index (χ1) is 8.65. The van der Waals surface area contributed by atoms with Crippen molar-refractivity contribution in [3.8, 4) is 0 Å². The molecule has 0 aliphatic carbocycles. The van der Waals surface area contributed by atoms with Gasteiger partial charge in [0.2, 0.25) is 0 Å². The number of thiocarbonyl (C=S) groups is 1. The van der Waals surface area contributed by atoms with Gasteiger partial charge in [-0.1, -0.05) is 50.2 Å². The molecule has 0 unspecified atom stereocenters. The van der Waals surface area contributed by atoms with Crippen LogP contribution >= 0.6 is 12.2 Å². The fraction of sp³-hybridized carbons (Fsp3) is 0.429. The Bertz CT molecular complexity index is 418. The normalized spacial score (nSPS) is 10.1. The van der Waals surface area contributed by atoms with E-state index in [0.717, 1.165) is 24.8 Å². The number of unbranched alkanes of at least 4 members (excludes halogenated alkanes) is 2. The van der Waals surface area contributed by atoms with Crippen molar-refractivity contribution in [2.75, 3.05) is 6.54 Å². The maximum absolute atomic E-state index is 12.0. The van der Waals surface area contributed by atoms with Crippen molar-refractivity contribution in [1.29, 1.82) is 0 Å². The van der Waals surface area contributed by atoms with Gasteiger partial charge in [0.1, 0.15) is 0 Å². The second-order valence-electron chi connectivity index (χ2n) is 4.26. The Balaban J connectivity index is 2.63. The van der Waals surface area contributed by atoms with E-state index >= 15 is 0 Å². The SMILES string of the molecule is CCCCCNC(=O)c1ccccc1CC(N)=S. The molecule has 4 heteroatoms. The molecule has 3 nitrogen and oxygen atoms in total. The van der Waals surface area contributed by atoms with Crippen LogP contribution in [0.5, 0.6) is 0 Å². The topological polar surface area (TPSA) is 55.1 Å². The quantitative estimate of drug-likeness (QED) is 0.587. The van der Waals surface area contributed by atoms with Crippen LogP contribution in [0.15, 0.2) is 24.3 Å². The Morgan fingerprint density at radius 1 is 1.33 bits per heavy atom. The van der Waals surface area contributed by atoms with Gasteiger partial charge < -0.3 is 11.1 Å². The van der Waals surface area contributed by atoms with E-state index in [4.69, 9.17) is 18.0 Å². The third-order valence-electron chi connectivity index (χ3n) is 2.69. The van der Waals surface area contributed by atoms with E-state index in [1.165, 1.54) is 0 Å². The lowest BCUT2D eigenvalue weighted by atomic mass is 10.0. The van der Waals surface area contributed by atoms with Gasteiger partial charge in [-0.2, -0.15) is 0 Å². The van der Waals surface area contributed by atoms with Gasteiger partial charge in [-0.25, -0.2) is 0 Å². The van der Waals surface area contributed by atoms with E-state index in [1.54, 1.807) is 0 Å². The van der Waals surface area contributed by atoms with E-state index in [0.29, 0.717) is 23.5 Å². The molecule has 0 atom stereocenters. The summed E-state index contributed by atoms with van der Waals surface area (Å²) in [5.41, 5.74) is 7.09. The van der Waals surface area contributed by atoms with Crippen molar-refractivity contribution in [1.82, 2.24) is 5.32 Å². The Hall–Kier alpha value is -1.42. The molecule has 0 saturated heterocycles. The number of nitrogens with one attached hydrogen (secondary N) is 1. The lowest BCUT2D eigenvalue weighted by molar-refractivity contribution is 0.0952. The number of hydrogen-bond donors (Lipinski definition) is 2. The van der Waals surface area contributed by atoms with Gasteiger partial charge in [0.25, 0.3) is 5.91 Å². The molecule has 0 heterocycles. The monoisotopic (exact) mass is 264 g/mol. The van der Waals surface area contributed by atoms with Crippen molar-refractivity contribution in [3.05, 3.63) is 35.4 Å². The predicted octanol–water partition coefficient (Wildman–Crippen LogP) is 2.44. The van der Waals surface area contributed by atoms with Gasteiger partial charge in [-0.15, -0.1) is 0 Å². The fourth-order valence-electron chi connectivity index (χ4n) is 1.76. The molecule has 1 aromatic carbocycles. The van der Waals surface area contributed by atoms with E-state index in [9.17, 15) is 4.79 Å². The smallest absolute Gasteiger partial charge is 0.251 e. The molecule has 18 heavy (non-hydrogen) atoms. The Morgan fingerprint density at radius 2 is 2.06 bits per heavy atom. The van der Waals surface area contributed by atoms with E-state index in [1.807, 2.05) is 24.3 Å². The molecule has 0 fully saturated rings. The van der Waals surface area contributed by atoms with Crippen LogP contribution in [0.1, 0.15) is 42.1 Å². The van der Waals surface area contributed by atoms with Crippen LogP contribution in [0.4, 0.5) is 0 Å². The third-order valence-corrected chi connectivity index (χ3v) is 2.84. The van der Waals surface area contributed by atoms with E-state index in [2.05, 4.69) is 12.2 Å². The highest BCUT2D eigenvalue weighted by atomic mass is 32.1. The number of amides is 1. The van der Waals surface area contributed by atoms with Gasteiger partial charge in [0, 0.05) is 18.5 Å². The van der Waals surface area contributed by atoms with Gasteiger partial charge in [-0.3, -0.25) is 4.79 Å². The Kier molecular flexibility index (Phi) is 6.36. The van der Waals surface area contributed by atoms with Crippen molar-refractivity contribution < 1.29 is 4.79 Å². The van der Waals surface area contributed by atoms with E-state index < -0.39 is 0 Å². The molecule has 0 bridgehead atoms. The van der Waals surface area contributed by atoms with Gasteiger partial charge in [0.05, 0.1) is 4.99 Å². The van der Waals surface area contributed by atoms with Crippen molar-refractivity contribution in [2.24, 2.45) is 5.73 Å². The predicted molar refractivity (Wildman–Crippen MR) is 78.8 cm³/mol. The number of hydrogen-bond acceptors (Lipinski definition) is 2. The second kappa shape index (κ2) is 7.82. The number of rotatable bonds is 7. The first-order valence-electron chi connectivity index (χ1n) is 6.29. The molecular weight excluding hydrogens is 244 g/mol.